The molecule has 2 rings (SSSR count). The van der Waals surface area contributed by atoms with Gasteiger partial charge in [0.05, 0.1) is 12.3 Å². The quantitative estimate of drug-likeness (QED) is 0.890. The van der Waals surface area contributed by atoms with E-state index >= 15 is 0 Å². The topological polar surface area (TPSA) is 39.1 Å². The molecule has 0 bridgehead atoms. The average Bonchev–Trinajstić information content (AvgIpc) is 2.93. The number of nitrogens with one attached hydrogen (secondary N) is 1. The Balaban J connectivity index is 2.12. The largest absolute Gasteiger partial charge is 0.381 e. The van der Waals surface area contributed by atoms with Crippen molar-refractivity contribution < 1.29 is 4.74 Å². The highest BCUT2D eigenvalue weighted by Gasteiger charge is 2.27. The first kappa shape index (κ1) is 13.8. The van der Waals surface area contributed by atoms with Crippen molar-refractivity contribution in [3.05, 3.63) is 16.4 Å². The van der Waals surface area contributed by atoms with Crippen LogP contribution in [0.1, 0.15) is 24.6 Å². The Morgan fingerprint density at radius 1 is 1.61 bits per heavy atom. The number of halogens is 1. The van der Waals surface area contributed by atoms with E-state index in [0.717, 1.165) is 49.0 Å². The molecule has 0 aliphatic carbocycles. The minimum atomic E-state index is 0.429. The third-order valence-electron chi connectivity index (χ3n) is 3.69. The lowest BCUT2D eigenvalue weighted by Gasteiger charge is -2.23. The molecule has 0 spiro atoms. The lowest BCUT2D eigenvalue weighted by molar-refractivity contribution is 0.176. The van der Waals surface area contributed by atoms with E-state index < -0.39 is 0 Å². The lowest BCUT2D eigenvalue weighted by Crippen LogP contribution is -2.38. The molecule has 0 aromatic carbocycles. The predicted octanol–water partition coefficient (Wildman–Crippen LogP) is 1.94. The van der Waals surface area contributed by atoms with E-state index in [4.69, 9.17) is 16.3 Å². The molecular weight excluding hydrogens is 250 g/mol. The molecule has 0 saturated carbocycles. The zero-order valence-electron chi connectivity index (χ0n) is 11.4. The van der Waals surface area contributed by atoms with Crippen molar-refractivity contribution in [3.63, 3.8) is 0 Å². The van der Waals surface area contributed by atoms with Gasteiger partial charge in [-0.05, 0) is 26.3 Å². The Kier molecular flexibility index (Phi) is 4.65. The molecule has 1 aromatic rings. The van der Waals surface area contributed by atoms with Gasteiger partial charge in [-0.15, -0.1) is 0 Å². The van der Waals surface area contributed by atoms with Crippen molar-refractivity contribution in [2.24, 2.45) is 13.0 Å². The molecule has 0 amide bonds. The van der Waals surface area contributed by atoms with Crippen molar-refractivity contribution in [2.45, 2.75) is 32.7 Å². The number of ether oxygens (including phenoxy) is 1. The number of hydrogen-bond acceptors (Lipinski definition) is 3. The van der Waals surface area contributed by atoms with Crippen molar-refractivity contribution in [2.75, 3.05) is 19.8 Å². The molecule has 5 heteroatoms. The second-order valence-electron chi connectivity index (χ2n) is 4.97. The predicted molar refractivity (Wildman–Crippen MR) is 73.0 cm³/mol. The monoisotopic (exact) mass is 271 g/mol. The van der Waals surface area contributed by atoms with E-state index in [-0.39, 0.29) is 0 Å². The molecule has 1 aliphatic rings. The number of aryl methyl sites for hydroxylation is 2. The average molecular weight is 272 g/mol. The van der Waals surface area contributed by atoms with Gasteiger partial charge in [-0.2, -0.15) is 5.10 Å². The van der Waals surface area contributed by atoms with E-state index in [1.807, 2.05) is 14.0 Å². The smallest absolute Gasteiger partial charge is 0.130 e. The van der Waals surface area contributed by atoms with Crippen LogP contribution in [0.2, 0.25) is 5.15 Å². The van der Waals surface area contributed by atoms with Gasteiger partial charge >= 0.3 is 0 Å². The molecule has 2 unspecified atom stereocenters. The van der Waals surface area contributed by atoms with E-state index in [1.54, 1.807) is 4.68 Å². The lowest BCUT2D eigenvalue weighted by atomic mass is 9.93. The molecular formula is C13H22ClN3O. The van der Waals surface area contributed by atoms with Gasteiger partial charge in [0.1, 0.15) is 5.15 Å². The summed E-state index contributed by atoms with van der Waals surface area (Å²) in [5.74, 6) is 0.584. The van der Waals surface area contributed by atoms with Gasteiger partial charge in [-0.3, -0.25) is 4.68 Å². The maximum Gasteiger partial charge on any atom is 0.130 e. The van der Waals surface area contributed by atoms with E-state index in [0.29, 0.717) is 12.0 Å². The molecule has 1 N–H and O–H groups in total. The summed E-state index contributed by atoms with van der Waals surface area (Å²) in [6.45, 7) is 6.87. The SMILES string of the molecule is CCNC(Cc1c(C)nn(C)c1Cl)C1CCOC1. The van der Waals surface area contributed by atoms with Crippen molar-refractivity contribution in [1.29, 1.82) is 0 Å². The Hall–Kier alpha value is -0.580. The fraction of sp³-hybridized carbons (Fsp3) is 0.769. The molecule has 2 atom stereocenters. The minimum Gasteiger partial charge on any atom is -0.381 e. The number of rotatable bonds is 5. The molecule has 2 heterocycles. The van der Waals surface area contributed by atoms with Crippen molar-refractivity contribution >= 4 is 11.6 Å². The van der Waals surface area contributed by atoms with Gasteiger partial charge in [-0.1, -0.05) is 18.5 Å². The maximum atomic E-state index is 6.31. The van der Waals surface area contributed by atoms with Crippen LogP contribution in [-0.4, -0.2) is 35.6 Å². The van der Waals surface area contributed by atoms with Gasteiger partial charge in [0, 0.05) is 31.2 Å². The zero-order chi connectivity index (χ0) is 13.1. The number of hydrogen-bond donors (Lipinski definition) is 1. The molecule has 102 valence electrons. The van der Waals surface area contributed by atoms with Crippen LogP contribution in [0.4, 0.5) is 0 Å². The molecule has 1 aliphatic heterocycles. The molecule has 0 radical (unpaired) electrons. The summed E-state index contributed by atoms with van der Waals surface area (Å²) in [6.07, 6.45) is 2.06. The molecule has 4 nitrogen and oxygen atoms in total. The zero-order valence-corrected chi connectivity index (χ0v) is 12.1. The van der Waals surface area contributed by atoms with Crippen LogP contribution in [0.15, 0.2) is 0 Å². The van der Waals surface area contributed by atoms with Crippen LogP contribution in [0, 0.1) is 12.8 Å². The van der Waals surface area contributed by atoms with Crippen LogP contribution in [0.5, 0.6) is 0 Å². The minimum absolute atomic E-state index is 0.429. The molecule has 1 fully saturated rings. The Labute approximate surface area is 114 Å². The second kappa shape index (κ2) is 6.04. The summed E-state index contributed by atoms with van der Waals surface area (Å²) in [5, 5.41) is 8.70. The van der Waals surface area contributed by atoms with Crippen molar-refractivity contribution in [1.82, 2.24) is 15.1 Å². The first-order chi connectivity index (χ1) is 8.63. The Morgan fingerprint density at radius 2 is 2.39 bits per heavy atom. The van der Waals surface area contributed by atoms with Crippen LogP contribution < -0.4 is 5.32 Å². The van der Waals surface area contributed by atoms with Gasteiger partial charge < -0.3 is 10.1 Å². The molecule has 1 aromatic heterocycles. The van der Waals surface area contributed by atoms with Crippen LogP contribution >= 0.6 is 11.6 Å². The summed E-state index contributed by atoms with van der Waals surface area (Å²) < 4.78 is 7.24. The van der Waals surface area contributed by atoms with E-state index in [9.17, 15) is 0 Å². The third kappa shape index (κ3) is 2.87. The normalized spacial score (nSPS) is 21.4. The summed E-state index contributed by atoms with van der Waals surface area (Å²) in [7, 11) is 1.89. The Bertz CT molecular complexity index is 399. The summed E-state index contributed by atoms with van der Waals surface area (Å²) in [5.41, 5.74) is 2.20. The number of nitrogens with zero attached hydrogens (tertiary/aromatic N) is 2. The third-order valence-corrected chi connectivity index (χ3v) is 4.17. The fourth-order valence-electron chi connectivity index (χ4n) is 2.66. The number of aromatic nitrogens is 2. The van der Waals surface area contributed by atoms with Crippen LogP contribution in [-0.2, 0) is 18.2 Å². The first-order valence-electron chi connectivity index (χ1n) is 6.62. The highest BCUT2D eigenvalue weighted by Crippen LogP contribution is 2.25. The summed E-state index contributed by atoms with van der Waals surface area (Å²) in [6, 6.07) is 0.429. The van der Waals surface area contributed by atoms with Crippen LogP contribution in [0.3, 0.4) is 0 Å². The van der Waals surface area contributed by atoms with Gasteiger partial charge in [0.15, 0.2) is 0 Å². The summed E-state index contributed by atoms with van der Waals surface area (Å²) in [4.78, 5) is 0. The Morgan fingerprint density at radius 3 is 2.89 bits per heavy atom. The maximum absolute atomic E-state index is 6.31. The second-order valence-corrected chi connectivity index (χ2v) is 5.33. The standard InChI is InChI=1S/C13H22ClN3O/c1-4-15-12(10-5-6-18-8-10)7-11-9(2)16-17(3)13(11)14/h10,12,15H,4-8H2,1-3H3. The number of likely N-dealkylation sites (N-methyl/N-ethyl adjacent to an activating group) is 1. The van der Waals surface area contributed by atoms with Crippen LogP contribution in [0.25, 0.3) is 0 Å². The highest BCUT2D eigenvalue weighted by atomic mass is 35.5. The van der Waals surface area contributed by atoms with Gasteiger partial charge in [-0.25, -0.2) is 0 Å². The fourth-order valence-corrected chi connectivity index (χ4v) is 2.92. The van der Waals surface area contributed by atoms with Crippen molar-refractivity contribution in [3.8, 4) is 0 Å². The van der Waals surface area contributed by atoms with Gasteiger partial charge in [0.2, 0.25) is 0 Å². The first-order valence-corrected chi connectivity index (χ1v) is 7.00. The van der Waals surface area contributed by atoms with E-state index in [1.165, 1.54) is 0 Å². The highest BCUT2D eigenvalue weighted by molar-refractivity contribution is 6.30. The molecule has 1 saturated heterocycles. The van der Waals surface area contributed by atoms with Gasteiger partial charge in [0.25, 0.3) is 0 Å². The molecule has 18 heavy (non-hydrogen) atoms. The summed E-state index contributed by atoms with van der Waals surface area (Å²) >= 11 is 6.31. The van der Waals surface area contributed by atoms with E-state index in [2.05, 4.69) is 17.3 Å².